The first-order valence-electron chi connectivity index (χ1n) is 8.83. The Morgan fingerprint density at radius 1 is 1.12 bits per heavy atom. The molecule has 1 aromatic heterocycles. The van der Waals surface area contributed by atoms with Crippen molar-refractivity contribution < 1.29 is 9.59 Å². The molecule has 4 rings (SSSR count). The van der Waals surface area contributed by atoms with Crippen molar-refractivity contribution in [1.82, 2.24) is 20.0 Å². The van der Waals surface area contributed by atoms with Gasteiger partial charge in [0, 0.05) is 37.6 Å². The van der Waals surface area contributed by atoms with Crippen LogP contribution in [0, 0.1) is 5.92 Å². The number of piperazine rings is 1. The maximum atomic E-state index is 12.8. The van der Waals surface area contributed by atoms with Crippen LogP contribution in [0.25, 0.3) is 10.9 Å². The summed E-state index contributed by atoms with van der Waals surface area (Å²) in [6, 6.07) is 7.62. The molecule has 0 radical (unpaired) electrons. The van der Waals surface area contributed by atoms with Crippen molar-refractivity contribution in [2.45, 2.75) is 19.8 Å². The number of amides is 2. The van der Waals surface area contributed by atoms with E-state index in [0.29, 0.717) is 37.8 Å². The lowest BCUT2D eigenvalue weighted by Gasteiger charge is -2.34. The first-order valence-corrected chi connectivity index (χ1v) is 8.83. The molecule has 2 fully saturated rings. The molecule has 1 aliphatic carbocycles. The van der Waals surface area contributed by atoms with Gasteiger partial charge in [-0.2, -0.15) is 5.10 Å². The van der Waals surface area contributed by atoms with Gasteiger partial charge in [-0.1, -0.05) is 23.8 Å². The molecule has 0 unspecified atom stereocenters. The van der Waals surface area contributed by atoms with Gasteiger partial charge in [0.1, 0.15) is 0 Å². The van der Waals surface area contributed by atoms with E-state index in [1.54, 1.807) is 11.0 Å². The van der Waals surface area contributed by atoms with E-state index in [1.807, 2.05) is 36.1 Å². The molecule has 1 N–H and O–H groups in total. The van der Waals surface area contributed by atoms with Crippen LogP contribution in [0.2, 0.25) is 0 Å². The quantitative estimate of drug-likeness (QED) is 0.872. The van der Waals surface area contributed by atoms with E-state index in [9.17, 15) is 9.59 Å². The topological polar surface area (TPSA) is 69.3 Å². The van der Waals surface area contributed by atoms with E-state index >= 15 is 0 Å². The van der Waals surface area contributed by atoms with Crippen LogP contribution < -0.4 is 0 Å². The lowest BCUT2D eigenvalue weighted by Crippen LogP contribution is -2.50. The Hall–Kier alpha value is -2.63. The van der Waals surface area contributed by atoms with Crippen LogP contribution in [0.5, 0.6) is 0 Å². The molecule has 25 heavy (non-hydrogen) atoms. The third kappa shape index (κ3) is 3.16. The molecule has 1 saturated heterocycles. The zero-order valence-corrected chi connectivity index (χ0v) is 14.4. The van der Waals surface area contributed by atoms with E-state index < -0.39 is 0 Å². The predicted molar refractivity (Wildman–Crippen MR) is 95.1 cm³/mol. The van der Waals surface area contributed by atoms with E-state index in [2.05, 4.69) is 10.2 Å². The molecule has 1 aliphatic heterocycles. The zero-order valence-electron chi connectivity index (χ0n) is 14.4. The van der Waals surface area contributed by atoms with E-state index in [4.69, 9.17) is 0 Å². The summed E-state index contributed by atoms with van der Waals surface area (Å²) in [6.07, 6.45) is 4.18. The number of nitrogens with zero attached hydrogens (tertiary/aromatic N) is 3. The van der Waals surface area contributed by atoms with Crippen molar-refractivity contribution >= 4 is 22.7 Å². The number of aromatic amines is 1. The number of benzene rings is 1. The van der Waals surface area contributed by atoms with Gasteiger partial charge >= 0.3 is 0 Å². The van der Waals surface area contributed by atoms with Crippen molar-refractivity contribution in [2.24, 2.45) is 5.92 Å². The Kier molecular flexibility index (Phi) is 4.03. The summed E-state index contributed by atoms with van der Waals surface area (Å²) in [5.74, 6) is 0.607. The van der Waals surface area contributed by atoms with E-state index in [0.717, 1.165) is 10.9 Å². The minimum atomic E-state index is -0.0748. The minimum Gasteiger partial charge on any atom is -0.336 e. The van der Waals surface area contributed by atoms with Crippen LogP contribution in [0.3, 0.4) is 0 Å². The van der Waals surface area contributed by atoms with Gasteiger partial charge in [0.05, 0.1) is 5.52 Å². The fourth-order valence-electron chi connectivity index (χ4n) is 3.35. The van der Waals surface area contributed by atoms with Gasteiger partial charge < -0.3 is 9.80 Å². The molecule has 2 heterocycles. The molecule has 0 spiro atoms. The molecule has 1 aromatic carbocycles. The second kappa shape index (κ2) is 6.35. The van der Waals surface area contributed by atoms with Crippen LogP contribution in [-0.4, -0.2) is 58.0 Å². The van der Waals surface area contributed by atoms with Gasteiger partial charge in [-0.05, 0) is 31.7 Å². The SMILES string of the molecule is C/C(=C/C(=O)N1CCN(C(=O)c2n[nH]c3ccccc23)CC1)C1CC1. The minimum absolute atomic E-state index is 0.0710. The van der Waals surface area contributed by atoms with Gasteiger partial charge in [0.25, 0.3) is 5.91 Å². The molecule has 2 aromatic rings. The van der Waals surface area contributed by atoms with Gasteiger partial charge in [-0.15, -0.1) is 0 Å². The molecule has 0 atom stereocenters. The third-order valence-corrected chi connectivity index (χ3v) is 5.12. The maximum absolute atomic E-state index is 12.8. The number of carbonyl (C=O) groups is 2. The number of carbonyl (C=O) groups excluding carboxylic acids is 2. The Morgan fingerprint density at radius 3 is 2.52 bits per heavy atom. The lowest BCUT2D eigenvalue weighted by atomic mass is 10.1. The third-order valence-electron chi connectivity index (χ3n) is 5.12. The highest BCUT2D eigenvalue weighted by Crippen LogP contribution is 2.36. The smallest absolute Gasteiger partial charge is 0.275 e. The second-order valence-corrected chi connectivity index (χ2v) is 6.90. The summed E-state index contributed by atoms with van der Waals surface area (Å²) in [5, 5.41) is 7.93. The molecular formula is C19H22N4O2. The van der Waals surface area contributed by atoms with Crippen LogP contribution in [-0.2, 0) is 4.79 Å². The standard InChI is InChI=1S/C19H22N4O2/c1-13(14-6-7-14)12-17(24)22-8-10-23(11-9-22)19(25)18-15-4-2-3-5-16(15)20-21-18/h2-5,12,14H,6-11H2,1H3,(H,20,21)/b13-12-. The number of hydrogen-bond donors (Lipinski definition) is 1. The number of H-pyrrole nitrogens is 1. The summed E-state index contributed by atoms with van der Waals surface area (Å²) in [7, 11) is 0. The summed E-state index contributed by atoms with van der Waals surface area (Å²) >= 11 is 0. The van der Waals surface area contributed by atoms with Crippen molar-refractivity contribution in [2.75, 3.05) is 26.2 Å². The first kappa shape index (κ1) is 15.9. The van der Waals surface area contributed by atoms with Crippen LogP contribution in [0.15, 0.2) is 35.9 Å². The van der Waals surface area contributed by atoms with Gasteiger partial charge in [-0.25, -0.2) is 0 Å². The van der Waals surface area contributed by atoms with Gasteiger partial charge in [-0.3, -0.25) is 14.7 Å². The summed E-state index contributed by atoms with van der Waals surface area (Å²) in [4.78, 5) is 28.7. The summed E-state index contributed by atoms with van der Waals surface area (Å²) < 4.78 is 0. The van der Waals surface area contributed by atoms with Crippen LogP contribution in [0.1, 0.15) is 30.3 Å². The Labute approximate surface area is 146 Å². The van der Waals surface area contributed by atoms with Crippen molar-refractivity contribution in [3.8, 4) is 0 Å². The monoisotopic (exact) mass is 338 g/mol. The molecule has 1 saturated carbocycles. The number of para-hydroxylation sites is 1. The fraction of sp³-hybridized carbons (Fsp3) is 0.421. The van der Waals surface area contributed by atoms with Gasteiger partial charge in [0.15, 0.2) is 5.69 Å². The number of nitrogens with one attached hydrogen (secondary N) is 1. The van der Waals surface area contributed by atoms with Gasteiger partial charge in [0.2, 0.25) is 5.91 Å². The fourth-order valence-corrected chi connectivity index (χ4v) is 3.35. The summed E-state index contributed by atoms with van der Waals surface area (Å²) in [5.41, 5.74) is 2.51. The highest BCUT2D eigenvalue weighted by molar-refractivity contribution is 6.04. The van der Waals surface area contributed by atoms with Crippen LogP contribution >= 0.6 is 0 Å². The van der Waals surface area contributed by atoms with E-state index in [-0.39, 0.29) is 11.8 Å². The normalized spacial score (nSPS) is 18.7. The predicted octanol–water partition coefficient (Wildman–Crippen LogP) is 2.20. The van der Waals surface area contributed by atoms with Crippen LogP contribution in [0.4, 0.5) is 0 Å². The second-order valence-electron chi connectivity index (χ2n) is 6.90. The molecular weight excluding hydrogens is 316 g/mol. The maximum Gasteiger partial charge on any atom is 0.275 e. The number of rotatable bonds is 3. The number of allylic oxidation sites excluding steroid dienone is 1. The first-order chi connectivity index (χ1) is 12.1. The van der Waals surface area contributed by atoms with Crippen molar-refractivity contribution in [3.05, 3.63) is 41.6 Å². The Morgan fingerprint density at radius 2 is 1.80 bits per heavy atom. The lowest BCUT2D eigenvalue weighted by molar-refractivity contribution is -0.127. The Balaban J connectivity index is 1.40. The van der Waals surface area contributed by atoms with Crippen molar-refractivity contribution in [1.29, 1.82) is 0 Å². The highest BCUT2D eigenvalue weighted by Gasteiger charge is 2.28. The number of aromatic nitrogens is 2. The van der Waals surface area contributed by atoms with E-state index in [1.165, 1.54) is 18.4 Å². The largest absolute Gasteiger partial charge is 0.336 e. The molecule has 130 valence electrons. The Bertz CT molecular complexity index is 842. The molecule has 2 amide bonds. The molecule has 2 aliphatic rings. The number of hydrogen-bond acceptors (Lipinski definition) is 3. The average molecular weight is 338 g/mol. The average Bonchev–Trinajstić information content (AvgIpc) is 3.41. The highest BCUT2D eigenvalue weighted by atomic mass is 16.2. The molecule has 0 bridgehead atoms. The summed E-state index contributed by atoms with van der Waals surface area (Å²) in [6.45, 7) is 4.27. The van der Waals surface area contributed by atoms with Crippen molar-refractivity contribution in [3.63, 3.8) is 0 Å². The molecule has 6 heteroatoms. The zero-order chi connectivity index (χ0) is 17.4. The number of fused-ring (bicyclic) bond motifs is 1. The molecule has 6 nitrogen and oxygen atoms in total.